The number of anilines is 1. The summed E-state index contributed by atoms with van der Waals surface area (Å²) in [4.78, 5) is 12.1. The first-order valence-electron chi connectivity index (χ1n) is 8.22. The fourth-order valence-corrected chi connectivity index (χ4v) is 3.74. The molecule has 0 heterocycles. The monoisotopic (exact) mass is 430 g/mol. The first-order chi connectivity index (χ1) is 12.7. The van der Waals surface area contributed by atoms with Crippen molar-refractivity contribution in [1.82, 2.24) is 4.72 Å². The molecule has 0 bridgehead atoms. The molecule has 2 rings (SSSR count). The second kappa shape index (κ2) is 9.41. The number of hydrogen-bond donors (Lipinski definition) is 2. The van der Waals surface area contributed by atoms with E-state index in [0.29, 0.717) is 22.9 Å². The molecule has 1 atom stereocenters. The molecule has 0 aliphatic heterocycles. The van der Waals surface area contributed by atoms with E-state index in [2.05, 4.69) is 10.0 Å². The molecule has 27 heavy (non-hydrogen) atoms. The van der Waals surface area contributed by atoms with Crippen molar-refractivity contribution in [2.24, 2.45) is 0 Å². The Bertz CT molecular complexity index is 902. The van der Waals surface area contributed by atoms with E-state index in [4.69, 9.17) is 27.9 Å². The number of hydrogen-bond acceptors (Lipinski definition) is 4. The van der Waals surface area contributed by atoms with Crippen LogP contribution in [0.4, 0.5) is 5.69 Å². The number of rotatable bonds is 8. The van der Waals surface area contributed by atoms with Crippen LogP contribution in [0.5, 0.6) is 5.75 Å². The van der Waals surface area contributed by atoms with Gasteiger partial charge >= 0.3 is 0 Å². The van der Waals surface area contributed by atoms with Gasteiger partial charge in [-0.25, -0.2) is 13.1 Å². The van der Waals surface area contributed by atoms with Gasteiger partial charge in [-0.05, 0) is 49.7 Å². The molecular weight excluding hydrogens is 411 g/mol. The highest BCUT2D eigenvalue weighted by molar-refractivity contribution is 7.89. The molecule has 2 aromatic carbocycles. The van der Waals surface area contributed by atoms with E-state index < -0.39 is 15.9 Å². The SMILES string of the molecule is CC[C@H](C)NS(=O)(=O)c1ccc(OCC(=O)Nc2cccc(Cl)c2Cl)cc1. The minimum atomic E-state index is -3.58. The lowest BCUT2D eigenvalue weighted by molar-refractivity contribution is -0.118. The second-order valence-electron chi connectivity index (χ2n) is 5.84. The van der Waals surface area contributed by atoms with Crippen molar-refractivity contribution in [1.29, 1.82) is 0 Å². The molecule has 9 heteroatoms. The van der Waals surface area contributed by atoms with Crippen molar-refractivity contribution >= 4 is 44.8 Å². The van der Waals surface area contributed by atoms with Crippen molar-refractivity contribution in [3.8, 4) is 5.75 Å². The Morgan fingerprint density at radius 3 is 2.44 bits per heavy atom. The van der Waals surface area contributed by atoms with Gasteiger partial charge in [0.2, 0.25) is 10.0 Å². The van der Waals surface area contributed by atoms with Gasteiger partial charge < -0.3 is 10.1 Å². The zero-order valence-corrected chi connectivity index (χ0v) is 17.2. The van der Waals surface area contributed by atoms with Crippen LogP contribution in [0.1, 0.15) is 20.3 Å². The highest BCUT2D eigenvalue weighted by atomic mass is 35.5. The van der Waals surface area contributed by atoms with Gasteiger partial charge in [-0.3, -0.25) is 4.79 Å². The summed E-state index contributed by atoms with van der Waals surface area (Å²) in [5.41, 5.74) is 0.385. The summed E-state index contributed by atoms with van der Waals surface area (Å²) < 4.78 is 32.4. The minimum absolute atomic E-state index is 0.130. The Hall–Kier alpha value is -1.80. The van der Waals surface area contributed by atoms with Crippen LogP contribution in [0.3, 0.4) is 0 Å². The number of carbonyl (C=O) groups is 1. The van der Waals surface area contributed by atoms with E-state index in [1.165, 1.54) is 24.3 Å². The van der Waals surface area contributed by atoms with Crippen LogP contribution in [-0.4, -0.2) is 27.0 Å². The predicted octanol–water partition coefficient (Wildman–Crippen LogP) is 4.09. The molecule has 2 aromatic rings. The smallest absolute Gasteiger partial charge is 0.262 e. The molecule has 0 aliphatic carbocycles. The molecule has 0 saturated carbocycles. The van der Waals surface area contributed by atoms with Gasteiger partial charge in [0, 0.05) is 6.04 Å². The van der Waals surface area contributed by atoms with Crippen LogP contribution >= 0.6 is 23.2 Å². The van der Waals surface area contributed by atoms with Gasteiger partial charge in [0.1, 0.15) is 5.75 Å². The number of benzene rings is 2. The lowest BCUT2D eigenvalue weighted by atomic mass is 10.3. The van der Waals surface area contributed by atoms with Crippen LogP contribution < -0.4 is 14.8 Å². The number of amides is 1. The Balaban J connectivity index is 1.95. The molecule has 0 saturated heterocycles. The fourth-order valence-electron chi connectivity index (χ4n) is 2.07. The lowest BCUT2D eigenvalue weighted by Gasteiger charge is -2.13. The first-order valence-corrected chi connectivity index (χ1v) is 10.5. The van der Waals surface area contributed by atoms with Crippen molar-refractivity contribution in [2.45, 2.75) is 31.2 Å². The van der Waals surface area contributed by atoms with E-state index in [0.717, 1.165) is 0 Å². The average molecular weight is 431 g/mol. The average Bonchev–Trinajstić information content (AvgIpc) is 2.63. The molecule has 0 fully saturated rings. The molecule has 6 nitrogen and oxygen atoms in total. The normalized spacial score (nSPS) is 12.4. The number of ether oxygens (including phenoxy) is 1. The van der Waals surface area contributed by atoms with Gasteiger partial charge in [0.25, 0.3) is 5.91 Å². The third-order valence-corrected chi connectivity index (χ3v) is 6.12. The van der Waals surface area contributed by atoms with Crippen LogP contribution in [0.15, 0.2) is 47.4 Å². The predicted molar refractivity (Wildman–Crippen MR) is 107 cm³/mol. The lowest BCUT2D eigenvalue weighted by Crippen LogP contribution is -2.31. The molecule has 1 amide bonds. The zero-order valence-electron chi connectivity index (χ0n) is 14.8. The maximum Gasteiger partial charge on any atom is 0.262 e. The molecule has 146 valence electrons. The third kappa shape index (κ3) is 6.10. The highest BCUT2D eigenvalue weighted by Gasteiger charge is 2.16. The quantitative estimate of drug-likeness (QED) is 0.660. The highest BCUT2D eigenvalue weighted by Crippen LogP contribution is 2.29. The van der Waals surface area contributed by atoms with Gasteiger partial charge in [0.05, 0.1) is 20.6 Å². The molecule has 0 aromatic heterocycles. The topological polar surface area (TPSA) is 84.5 Å². The zero-order chi connectivity index (χ0) is 20.0. The molecule has 0 radical (unpaired) electrons. The van der Waals surface area contributed by atoms with Crippen molar-refractivity contribution in [3.63, 3.8) is 0 Å². The van der Waals surface area contributed by atoms with Gasteiger partial charge in [-0.2, -0.15) is 0 Å². The Morgan fingerprint density at radius 2 is 1.81 bits per heavy atom. The molecule has 2 N–H and O–H groups in total. The molecule has 0 unspecified atom stereocenters. The van der Waals surface area contributed by atoms with Crippen LogP contribution in [-0.2, 0) is 14.8 Å². The van der Waals surface area contributed by atoms with Gasteiger partial charge in [0.15, 0.2) is 6.61 Å². The standard InChI is InChI=1S/C18H20Cl2N2O4S/c1-3-12(2)22-27(24,25)14-9-7-13(8-10-14)26-11-17(23)21-16-6-4-5-15(19)18(16)20/h4-10,12,22H,3,11H2,1-2H3,(H,21,23)/t12-/m0/s1. The molecule has 0 aliphatic rings. The summed E-state index contributed by atoms with van der Waals surface area (Å²) in [7, 11) is -3.58. The first kappa shape index (κ1) is 21.5. The fraction of sp³-hybridized carbons (Fsp3) is 0.278. The van der Waals surface area contributed by atoms with E-state index in [9.17, 15) is 13.2 Å². The van der Waals surface area contributed by atoms with Crippen LogP contribution in [0.25, 0.3) is 0 Å². The number of halogens is 2. The third-order valence-electron chi connectivity index (χ3n) is 3.70. The van der Waals surface area contributed by atoms with Crippen molar-refractivity contribution in [3.05, 3.63) is 52.5 Å². The van der Waals surface area contributed by atoms with Crippen LogP contribution in [0.2, 0.25) is 10.0 Å². The maximum absolute atomic E-state index is 12.2. The van der Waals surface area contributed by atoms with Gasteiger partial charge in [-0.1, -0.05) is 36.2 Å². The summed E-state index contributed by atoms with van der Waals surface area (Å²) in [5.74, 6) is -0.0564. The van der Waals surface area contributed by atoms with Crippen molar-refractivity contribution < 1.29 is 17.9 Å². The molecular formula is C18H20Cl2N2O4S. The van der Waals surface area contributed by atoms with E-state index in [1.54, 1.807) is 25.1 Å². The Morgan fingerprint density at radius 1 is 1.15 bits per heavy atom. The number of sulfonamides is 1. The van der Waals surface area contributed by atoms with Gasteiger partial charge in [-0.15, -0.1) is 0 Å². The summed E-state index contributed by atoms with van der Waals surface area (Å²) in [6.45, 7) is 3.42. The summed E-state index contributed by atoms with van der Waals surface area (Å²) >= 11 is 11.9. The Labute approximate surface area is 168 Å². The van der Waals surface area contributed by atoms with Crippen molar-refractivity contribution in [2.75, 3.05) is 11.9 Å². The maximum atomic E-state index is 12.2. The summed E-state index contributed by atoms with van der Waals surface area (Å²) in [5, 5.41) is 3.18. The second-order valence-corrected chi connectivity index (χ2v) is 8.34. The largest absolute Gasteiger partial charge is 0.484 e. The number of carbonyl (C=O) groups excluding carboxylic acids is 1. The van der Waals surface area contributed by atoms with Crippen LogP contribution in [0, 0.1) is 0 Å². The van der Waals surface area contributed by atoms with E-state index in [-0.39, 0.29) is 22.6 Å². The molecule has 0 spiro atoms. The summed E-state index contributed by atoms with van der Waals surface area (Å²) in [6.07, 6.45) is 0.687. The Kier molecular flexibility index (Phi) is 7.49. The van der Waals surface area contributed by atoms with E-state index in [1.807, 2.05) is 6.92 Å². The minimum Gasteiger partial charge on any atom is -0.484 e. The number of nitrogens with one attached hydrogen (secondary N) is 2. The van der Waals surface area contributed by atoms with E-state index >= 15 is 0 Å². The summed E-state index contributed by atoms with van der Waals surface area (Å²) in [6, 6.07) is 10.6.